The highest BCUT2D eigenvalue weighted by Gasteiger charge is 2.34. The molecule has 1 saturated heterocycles. The Morgan fingerprint density at radius 2 is 2.19 bits per heavy atom. The van der Waals surface area contributed by atoms with Crippen LogP contribution >= 0.6 is 15.9 Å². The molecular formula is C12H16BrN3. The third-order valence-corrected chi connectivity index (χ3v) is 4.52. The fourth-order valence-corrected chi connectivity index (χ4v) is 3.59. The first-order chi connectivity index (χ1) is 7.66. The molecule has 2 atom stereocenters. The van der Waals surface area contributed by atoms with Gasteiger partial charge in [0.05, 0.1) is 16.4 Å². The molecular weight excluding hydrogens is 266 g/mol. The molecule has 2 bridgehead atoms. The van der Waals surface area contributed by atoms with E-state index in [-0.39, 0.29) is 0 Å². The fraction of sp³-hybridized carbons (Fsp3) is 0.583. The van der Waals surface area contributed by atoms with Crippen molar-refractivity contribution >= 4 is 21.5 Å². The van der Waals surface area contributed by atoms with E-state index in [4.69, 9.17) is 0 Å². The summed E-state index contributed by atoms with van der Waals surface area (Å²) in [6.07, 6.45) is 8.10. The van der Waals surface area contributed by atoms with Crippen molar-refractivity contribution in [3.63, 3.8) is 0 Å². The lowest BCUT2D eigenvalue weighted by molar-refractivity contribution is 0.264. The highest BCUT2D eigenvalue weighted by Crippen LogP contribution is 2.38. The Bertz CT molecular complexity index is 430. The molecule has 0 N–H and O–H groups in total. The highest BCUT2D eigenvalue weighted by atomic mass is 79.9. The molecule has 1 aromatic rings. The van der Waals surface area contributed by atoms with Crippen molar-refractivity contribution in [2.45, 2.75) is 31.3 Å². The second-order valence-electron chi connectivity index (χ2n) is 4.82. The molecule has 3 nitrogen and oxygen atoms in total. The van der Waals surface area contributed by atoms with Crippen molar-refractivity contribution in [1.29, 1.82) is 0 Å². The van der Waals surface area contributed by atoms with Crippen molar-refractivity contribution in [2.75, 3.05) is 7.05 Å². The summed E-state index contributed by atoms with van der Waals surface area (Å²) in [6, 6.07) is 1.36. The minimum Gasteiger partial charge on any atom is -0.297 e. The number of rotatable bonds is 1. The first-order valence-electron chi connectivity index (χ1n) is 5.77. The van der Waals surface area contributed by atoms with Crippen LogP contribution in [0.4, 0.5) is 0 Å². The van der Waals surface area contributed by atoms with Crippen LogP contribution in [0.25, 0.3) is 5.57 Å². The van der Waals surface area contributed by atoms with Gasteiger partial charge in [0.25, 0.3) is 0 Å². The van der Waals surface area contributed by atoms with E-state index >= 15 is 0 Å². The Labute approximate surface area is 104 Å². The Morgan fingerprint density at radius 3 is 2.81 bits per heavy atom. The molecule has 2 aliphatic heterocycles. The van der Waals surface area contributed by atoms with Gasteiger partial charge in [-0.2, -0.15) is 5.10 Å². The zero-order valence-corrected chi connectivity index (χ0v) is 11.2. The van der Waals surface area contributed by atoms with Crippen molar-refractivity contribution < 1.29 is 0 Å². The molecule has 2 unspecified atom stereocenters. The van der Waals surface area contributed by atoms with E-state index < -0.39 is 0 Å². The van der Waals surface area contributed by atoms with Crippen molar-refractivity contribution in [3.8, 4) is 0 Å². The molecule has 0 saturated carbocycles. The lowest BCUT2D eigenvalue weighted by Crippen LogP contribution is -2.34. The predicted octanol–water partition coefficient (Wildman–Crippen LogP) is 2.43. The molecule has 3 rings (SSSR count). The van der Waals surface area contributed by atoms with Gasteiger partial charge in [0, 0.05) is 19.1 Å². The maximum Gasteiger partial charge on any atom is 0.0778 e. The topological polar surface area (TPSA) is 21.1 Å². The molecule has 4 heteroatoms. The fourth-order valence-electron chi connectivity index (χ4n) is 2.99. The number of aromatic nitrogens is 2. The van der Waals surface area contributed by atoms with E-state index in [9.17, 15) is 0 Å². The van der Waals surface area contributed by atoms with Gasteiger partial charge in [0.1, 0.15) is 0 Å². The molecule has 0 spiro atoms. The number of hydrogen-bond donors (Lipinski definition) is 0. The number of hydrogen-bond acceptors (Lipinski definition) is 2. The average Bonchev–Trinajstić information content (AvgIpc) is 2.67. The number of fused-ring (bicyclic) bond motifs is 2. The number of aryl methyl sites for hydroxylation is 1. The van der Waals surface area contributed by atoms with Crippen LogP contribution in [0.5, 0.6) is 0 Å². The summed E-state index contributed by atoms with van der Waals surface area (Å²) in [5.74, 6) is 0. The molecule has 0 aliphatic carbocycles. The Kier molecular flexibility index (Phi) is 2.44. The maximum absolute atomic E-state index is 4.30. The van der Waals surface area contributed by atoms with Gasteiger partial charge in [-0.15, -0.1) is 0 Å². The van der Waals surface area contributed by atoms with E-state index in [1.807, 2.05) is 17.9 Å². The van der Waals surface area contributed by atoms with Gasteiger partial charge in [0.15, 0.2) is 0 Å². The van der Waals surface area contributed by atoms with Gasteiger partial charge in [0.2, 0.25) is 0 Å². The van der Waals surface area contributed by atoms with Gasteiger partial charge in [-0.3, -0.25) is 9.58 Å². The van der Waals surface area contributed by atoms with Crippen molar-refractivity contribution in [2.24, 2.45) is 7.05 Å². The van der Waals surface area contributed by atoms with E-state index in [0.717, 1.165) is 16.9 Å². The van der Waals surface area contributed by atoms with E-state index in [2.05, 4.69) is 39.1 Å². The standard InChI is InChI=1S/C12H16BrN3/c1-15-9-3-4-10(15)6-8(5-9)12-11(13)7-14-16(12)2/h5,7,9-10H,3-4,6H2,1-2H3. The van der Waals surface area contributed by atoms with Crippen LogP contribution in [0, 0.1) is 0 Å². The van der Waals surface area contributed by atoms with Gasteiger partial charge < -0.3 is 0 Å². The number of likely N-dealkylation sites (N-methyl/N-ethyl adjacent to an activating group) is 1. The summed E-state index contributed by atoms with van der Waals surface area (Å²) < 4.78 is 3.09. The monoisotopic (exact) mass is 281 g/mol. The normalized spacial score (nSPS) is 29.6. The molecule has 1 fully saturated rings. The third-order valence-electron chi connectivity index (χ3n) is 3.94. The molecule has 16 heavy (non-hydrogen) atoms. The molecule has 86 valence electrons. The van der Waals surface area contributed by atoms with Crippen molar-refractivity contribution in [3.05, 3.63) is 22.4 Å². The van der Waals surface area contributed by atoms with Gasteiger partial charge in [-0.1, -0.05) is 6.08 Å². The second kappa shape index (κ2) is 3.70. The summed E-state index contributed by atoms with van der Waals surface area (Å²) in [5.41, 5.74) is 2.71. The zero-order chi connectivity index (χ0) is 11.3. The summed E-state index contributed by atoms with van der Waals surface area (Å²) in [4.78, 5) is 2.51. The number of halogens is 1. The first kappa shape index (κ1) is 10.5. The van der Waals surface area contributed by atoms with Crippen LogP contribution in [0.3, 0.4) is 0 Å². The summed E-state index contributed by atoms with van der Waals surface area (Å²) in [7, 11) is 4.26. The SMILES string of the molecule is CN1C2C=C(c3c(Br)cnn3C)CC1CC2. The molecule has 0 radical (unpaired) electrons. The minimum atomic E-state index is 0.635. The Morgan fingerprint density at radius 1 is 1.38 bits per heavy atom. The molecule has 0 amide bonds. The predicted molar refractivity (Wildman–Crippen MR) is 68.1 cm³/mol. The van der Waals surface area contributed by atoms with Crippen LogP contribution in [0.2, 0.25) is 0 Å². The summed E-state index contributed by atoms with van der Waals surface area (Å²) >= 11 is 3.59. The number of nitrogens with zero attached hydrogens (tertiary/aromatic N) is 3. The lowest BCUT2D eigenvalue weighted by atomic mass is 9.99. The van der Waals surface area contributed by atoms with Crippen LogP contribution in [-0.4, -0.2) is 33.8 Å². The van der Waals surface area contributed by atoms with E-state index in [1.165, 1.54) is 24.1 Å². The van der Waals surface area contributed by atoms with Crippen molar-refractivity contribution in [1.82, 2.24) is 14.7 Å². The van der Waals surface area contributed by atoms with Crippen LogP contribution in [-0.2, 0) is 7.05 Å². The minimum absolute atomic E-state index is 0.635. The molecule has 1 aromatic heterocycles. The van der Waals surface area contributed by atoms with E-state index in [1.54, 1.807) is 0 Å². The smallest absolute Gasteiger partial charge is 0.0778 e. The maximum atomic E-state index is 4.30. The Balaban J connectivity index is 2.01. The van der Waals surface area contributed by atoms with Gasteiger partial charge >= 0.3 is 0 Å². The van der Waals surface area contributed by atoms with Crippen LogP contribution in [0.15, 0.2) is 16.7 Å². The molecule has 3 heterocycles. The van der Waals surface area contributed by atoms with Crippen LogP contribution < -0.4 is 0 Å². The first-order valence-corrected chi connectivity index (χ1v) is 6.56. The average molecular weight is 282 g/mol. The largest absolute Gasteiger partial charge is 0.297 e. The third kappa shape index (κ3) is 1.47. The lowest BCUT2D eigenvalue weighted by Gasteiger charge is -2.30. The quantitative estimate of drug-likeness (QED) is 0.789. The zero-order valence-electron chi connectivity index (χ0n) is 9.65. The molecule has 2 aliphatic rings. The van der Waals surface area contributed by atoms with Gasteiger partial charge in [-0.05, 0) is 47.8 Å². The summed E-state index contributed by atoms with van der Waals surface area (Å²) in [5, 5.41) is 4.30. The highest BCUT2D eigenvalue weighted by molar-refractivity contribution is 9.10. The van der Waals surface area contributed by atoms with Crippen LogP contribution in [0.1, 0.15) is 25.0 Å². The Hall–Kier alpha value is -0.610. The second-order valence-corrected chi connectivity index (χ2v) is 5.68. The molecule has 0 aromatic carbocycles. The van der Waals surface area contributed by atoms with E-state index in [0.29, 0.717) is 6.04 Å². The van der Waals surface area contributed by atoms with Gasteiger partial charge in [-0.25, -0.2) is 0 Å². The summed E-state index contributed by atoms with van der Waals surface area (Å²) in [6.45, 7) is 0.